The molecule has 2 bridgehead atoms. The number of hydrogen-bond acceptors (Lipinski definition) is 6. The number of nitrogens with one attached hydrogen (secondary N) is 3. The highest BCUT2D eigenvalue weighted by Gasteiger charge is 2.77. The van der Waals surface area contributed by atoms with Crippen molar-refractivity contribution in [3.8, 4) is 0 Å². The fraction of sp³-hybridized carbons (Fsp3) is 0.737. The van der Waals surface area contributed by atoms with Crippen LogP contribution in [0.3, 0.4) is 0 Å². The van der Waals surface area contributed by atoms with Gasteiger partial charge in [-0.2, -0.15) is 0 Å². The Kier molecular flexibility index (Phi) is 4.56. The molecule has 2 amide bonds. The van der Waals surface area contributed by atoms with Gasteiger partial charge in [-0.15, -0.1) is 11.3 Å². The van der Waals surface area contributed by atoms with Crippen molar-refractivity contribution in [2.75, 3.05) is 19.6 Å². The van der Waals surface area contributed by atoms with E-state index in [2.05, 4.69) is 20.9 Å². The third-order valence-electron chi connectivity index (χ3n) is 6.51. The van der Waals surface area contributed by atoms with Crippen LogP contribution < -0.4 is 16.0 Å². The van der Waals surface area contributed by atoms with Gasteiger partial charge in [-0.25, -0.2) is 4.98 Å². The summed E-state index contributed by atoms with van der Waals surface area (Å²) in [6.07, 6.45) is 3.03. The molecule has 0 radical (unpaired) electrons. The van der Waals surface area contributed by atoms with Gasteiger partial charge in [0.05, 0.1) is 28.9 Å². The minimum atomic E-state index is -0.491. The van der Waals surface area contributed by atoms with Gasteiger partial charge >= 0.3 is 0 Å². The molecule has 4 heterocycles. The predicted molar refractivity (Wildman–Crippen MR) is 102 cm³/mol. The molecule has 27 heavy (non-hydrogen) atoms. The van der Waals surface area contributed by atoms with Gasteiger partial charge in [-0.05, 0) is 52.6 Å². The molecule has 0 atom stereocenters. The van der Waals surface area contributed by atoms with Gasteiger partial charge < -0.3 is 20.7 Å². The summed E-state index contributed by atoms with van der Waals surface area (Å²) in [6, 6.07) is 0. The van der Waals surface area contributed by atoms with E-state index in [1.54, 1.807) is 11.3 Å². The average molecular weight is 393 g/mol. The average Bonchev–Trinajstić information content (AvgIpc) is 3.16. The molecule has 1 aliphatic carbocycles. The third-order valence-corrected chi connectivity index (χ3v) is 7.58. The highest BCUT2D eigenvalue weighted by atomic mass is 32.1. The number of aryl methyl sites for hydroxylation is 2. The lowest BCUT2D eigenvalue weighted by Crippen LogP contribution is -2.61. The first-order chi connectivity index (χ1) is 12.8. The number of carbonyl (C=O) groups is 2. The molecule has 8 heteroatoms. The molecular weight excluding hydrogens is 364 g/mol. The van der Waals surface area contributed by atoms with Gasteiger partial charge in [0.25, 0.3) is 0 Å². The second kappa shape index (κ2) is 6.53. The Morgan fingerprint density at radius 1 is 1.22 bits per heavy atom. The van der Waals surface area contributed by atoms with Crippen molar-refractivity contribution in [2.45, 2.75) is 64.2 Å². The van der Waals surface area contributed by atoms with Gasteiger partial charge in [0.2, 0.25) is 11.8 Å². The lowest BCUT2D eigenvalue weighted by atomic mass is 9.53. The van der Waals surface area contributed by atoms with E-state index in [9.17, 15) is 9.59 Å². The quantitative estimate of drug-likeness (QED) is 0.700. The van der Waals surface area contributed by atoms with Crippen molar-refractivity contribution >= 4 is 23.2 Å². The van der Waals surface area contributed by atoms with Gasteiger partial charge in [0.15, 0.2) is 0 Å². The van der Waals surface area contributed by atoms with Crippen molar-refractivity contribution in [3.63, 3.8) is 0 Å². The summed E-state index contributed by atoms with van der Waals surface area (Å²) >= 11 is 1.63. The molecule has 1 aromatic rings. The summed E-state index contributed by atoms with van der Waals surface area (Å²) in [7, 11) is 0. The van der Waals surface area contributed by atoms with Crippen molar-refractivity contribution < 1.29 is 14.3 Å². The summed E-state index contributed by atoms with van der Waals surface area (Å²) in [5, 5.41) is 10.3. The molecule has 148 valence electrons. The fourth-order valence-corrected chi connectivity index (χ4v) is 5.99. The summed E-state index contributed by atoms with van der Waals surface area (Å²) in [5.74, 6) is 0.0153. The van der Waals surface area contributed by atoms with Crippen LogP contribution in [0.2, 0.25) is 0 Å². The van der Waals surface area contributed by atoms with Crippen LogP contribution in [0.5, 0.6) is 0 Å². The number of nitrogens with zero attached hydrogens (tertiary/aromatic N) is 1. The molecule has 5 rings (SSSR count). The minimum Gasteiger partial charge on any atom is -0.365 e. The normalized spacial score (nSPS) is 30.8. The Labute approximate surface area is 163 Å². The summed E-state index contributed by atoms with van der Waals surface area (Å²) in [5.41, 5.74) is -0.279. The maximum atomic E-state index is 13.3. The molecule has 0 unspecified atom stereocenters. The van der Waals surface area contributed by atoms with Crippen LogP contribution >= 0.6 is 11.3 Å². The molecule has 7 nitrogen and oxygen atoms in total. The van der Waals surface area contributed by atoms with Crippen LogP contribution in [0.1, 0.15) is 48.2 Å². The minimum absolute atomic E-state index is 0.0595. The number of aromatic nitrogens is 1. The van der Waals surface area contributed by atoms with E-state index in [1.165, 1.54) is 11.8 Å². The molecule has 3 aliphatic heterocycles. The number of piperidine rings is 1. The molecule has 4 fully saturated rings. The van der Waals surface area contributed by atoms with Gasteiger partial charge in [-0.3, -0.25) is 9.59 Å². The Hall–Kier alpha value is -1.51. The van der Waals surface area contributed by atoms with Crippen molar-refractivity contribution in [2.24, 2.45) is 5.41 Å². The van der Waals surface area contributed by atoms with Crippen LogP contribution in [-0.4, -0.2) is 47.6 Å². The number of rotatable bonds is 5. The molecular formula is C19H28N4O3S. The van der Waals surface area contributed by atoms with Gasteiger partial charge in [-0.1, -0.05) is 0 Å². The number of carbonyl (C=O) groups excluding carboxylic acids is 2. The van der Waals surface area contributed by atoms with Crippen molar-refractivity contribution in [3.05, 3.63) is 15.6 Å². The molecule has 3 saturated heterocycles. The Bertz CT molecular complexity index is 744. The first kappa shape index (κ1) is 18.8. The topological polar surface area (TPSA) is 92.4 Å². The van der Waals surface area contributed by atoms with Crippen molar-refractivity contribution in [1.82, 2.24) is 20.9 Å². The second-order valence-corrected chi connectivity index (χ2v) is 9.59. The zero-order chi connectivity index (χ0) is 19.3. The zero-order valence-corrected chi connectivity index (χ0v) is 17.1. The monoisotopic (exact) mass is 392 g/mol. The van der Waals surface area contributed by atoms with E-state index < -0.39 is 16.6 Å². The standard InChI is InChI=1S/C19H28N4O3S/c1-12-13(2)27-15(23-12)8-21-16(25)18-9-17(10-18,11-22-14(3)24)26-19(18)4-6-20-7-5-19/h20H,4-11H2,1-3H3,(H,21,25)(H,22,24). The Balaban J connectivity index is 1.50. The van der Waals surface area contributed by atoms with E-state index in [-0.39, 0.29) is 11.8 Å². The van der Waals surface area contributed by atoms with Crippen LogP contribution in [0, 0.1) is 19.3 Å². The zero-order valence-electron chi connectivity index (χ0n) is 16.2. The molecule has 1 saturated carbocycles. The van der Waals surface area contributed by atoms with E-state index in [1.807, 2.05) is 13.8 Å². The molecule has 1 aromatic heterocycles. The highest BCUT2D eigenvalue weighted by molar-refractivity contribution is 7.11. The summed E-state index contributed by atoms with van der Waals surface area (Å²) in [6.45, 7) is 8.22. The largest absolute Gasteiger partial charge is 0.365 e. The number of hydrogen-bond donors (Lipinski definition) is 3. The van der Waals surface area contributed by atoms with Crippen LogP contribution in [0.4, 0.5) is 0 Å². The number of thiazole rings is 1. The Morgan fingerprint density at radius 3 is 2.52 bits per heavy atom. The lowest BCUT2D eigenvalue weighted by Gasteiger charge is -2.47. The smallest absolute Gasteiger partial charge is 0.229 e. The summed E-state index contributed by atoms with van der Waals surface area (Å²) < 4.78 is 6.57. The summed E-state index contributed by atoms with van der Waals surface area (Å²) in [4.78, 5) is 30.4. The van der Waals surface area contributed by atoms with Gasteiger partial charge in [0, 0.05) is 18.3 Å². The predicted octanol–water partition coefficient (Wildman–Crippen LogP) is 1.18. The molecule has 0 aromatic carbocycles. The molecule has 3 N–H and O–H groups in total. The number of ether oxygens (including phenoxy) is 1. The van der Waals surface area contributed by atoms with Gasteiger partial charge in [0.1, 0.15) is 5.01 Å². The van der Waals surface area contributed by atoms with Crippen LogP contribution in [0.25, 0.3) is 0 Å². The first-order valence-electron chi connectivity index (χ1n) is 9.66. The maximum Gasteiger partial charge on any atom is 0.229 e. The SMILES string of the molecule is CC(=O)NCC12CC(C(=O)NCc3nc(C)c(C)s3)(C1)C1(CCNCC1)O2. The van der Waals surface area contributed by atoms with Crippen LogP contribution in [-0.2, 0) is 20.9 Å². The highest BCUT2D eigenvalue weighted by Crippen LogP contribution is 2.68. The lowest BCUT2D eigenvalue weighted by molar-refractivity contribution is -0.141. The maximum absolute atomic E-state index is 13.3. The van der Waals surface area contributed by atoms with E-state index in [0.717, 1.165) is 36.6 Å². The third kappa shape index (κ3) is 2.98. The molecule has 4 aliphatic rings. The fourth-order valence-electron chi connectivity index (χ4n) is 5.12. The number of amides is 2. The Morgan fingerprint density at radius 2 is 1.93 bits per heavy atom. The van der Waals surface area contributed by atoms with Crippen molar-refractivity contribution in [1.29, 1.82) is 0 Å². The second-order valence-electron chi connectivity index (χ2n) is 8.31. The van der Waals surface area contributed by atoms with E-state index >= 15 is 0 Å². The van der Waals surface area contributed by atoms with E-state index in [4.69, 9.17) is 4.74 Å². The van der Waals surface area contributed by atoms with Crippen LogP contribution in [0.15, 0.2) is 0 Å². The first-order valence-corrected chi connectivity index (χ1v) is 10.5. The molecule has 1 spiro atoms. The van der Waals surface area contributed by atoms with E-state index in [0.29, 0.717) is 25.9 Å².